The lowest BCUT2D eigenvalue weighted by Crippen LogP contribution is -2.00. The first-order chi connectivity index (χ1) is 8.69. The SMILES string of the molecule is COCc1ccc(C(O)Cc2cc(Br)cs2)cc1. The maximum absolute atomic E-state index is 10.2. The van der Waals surface area contributed by atoms with E-state index >= 15 is 0 Å². The smallest absolute Gasteiger partial charge is 0.0838 e. The van der Waals surface area contributed by atoms with E-state index in [2.05, 4.69) is 15.9 Å². The van der Waals surface area contributed by atoms with Crippen LogP contribution in [0.15, 0.2) is 40.2 Å². The first-order valence-electron chi connectivity index (χ1n) is 5.68. The minimum absolute atomic E-state index is 0.452. The van der Waals surface area contributed by atoms with Gasteiger partial charge in [0, 0.05) is 28.3 Å². The van der Waals surface area contributed by atoms with E-state index in [9.17, 15) is 5.11 Å². The van der Waals surface area contributed by atoms with Crippen molar-refractivity contribution < 1.29 is 9.84 Å². The molecule has 0 aliphatic heterocycles. The van der Waals surface area contributed by atoms with E-state index in [0.717, 1.165) is 15.6 Å². The van der Waals surface area contributed by atoms with E-state index in [0.29, 0.717) is 13.0 Å². The summed E-state index contributed by atoms with van der Waals surface area (Å²) in [6.07, 6.45) is 0.201. The highest BCUT2D eigenvalue weighted by atomic mass is 79.9. The van der Waals surface area contributed by atoms with E-state index in [1.807, 2.05) is 35.7 Å². The van der Waals surface area contributed by atoms with E-state index in [1.165, 1.54) is 4.88 Å². The lowest BCUT2D eigenvalue weighted by Gasteiger charge is -2.10. The highest BCUT2D eigenvalue weighted by molar-refractivity contribution is 9.10. The van der Waals surface area contributed by atoms with Crippen LogP contribution in [0.3, 0.4) is 0 Å². The maximum atomic E-state index is 10.2. The maximum Gasteiger partial charge on any atom is 0.0838 e. The van der Waals surface area contributed by atoms with Crippen LogP contribution in [0.4, 0.5) is 0 Å². The van der Waals surface area contributed by atoms with Crippen LogP contribution in [0.25, 0.3) is 0 Å². The molecule has 0 radical (unpaired) electrons. The molecule has 1 heterocycles. The zero-order chi connectivity index (χ0) is 13.0. The van der Waals surface area contributed by atoms with Crippen LogP contribution in [-0.4, -0.2) is 12.2 Å². The third kappa shape index (κ3) is 3.65. The summed E-state index contributed by atoms with van der Waals surface area (Å²) in [6.45, 7) is 0.605. The molecule has 0 spiro atoms. The Morgan fingerprint density at radius 1 is 1.33 bits per heavy atom. The molecule has 1 unspecified atom stereocenters. The molecule has 18 heavy (non-hydrogen) atoms. The van der Waals surface area contributed by atoms with Crippen molar-refractivity contribution in [3.8, 4) is 0 Å². The fourth-order valence-corrected chi connectivity index (χ4v) is 3.26. The summed E-state index contributed by atoms with van der Waals surface area (Å²) >= 11 is 5.08. The van der Waals surface area contributed by atoms with Crippen molar-refractivity contribution in [1.82, 2.24) is 0 Å². The lowest BCUT2D eigenvalue weighted by atomic mass is 10.0. The van der Waals surface area contributed by atoms with Gasteiger partial charge in [-0.25, -0.2) is 0 Å². The third-order valence-electron chi connectivity index (χ3n) is 2.69. The minimum Gasteiger partial charge on any atom is -0.388 e. The second-order valence-corrected chi connectivity index (χ2v) is 6.04. The minimum atomic E-state index is -0.452. The fourth-order valence-electron chi connectivity index (χ4n) is 1.77. The second-order valence-electron chi connectivity index (χ2n) is 4.13. The highest BCUT2D eigenvalue weighted by Gasteiger charge is 2.10. The Labute approximate surface area is 119 Å². The van der Waals surface area contributed by atoms with Crippen LogP contribution >= 0.6 is 27.3 Å². The van der Waals surface area contributed by atoms with E-state index in [1.54, 1.807) is 18.4 Å². The summed E-state index contributed by atoms with van der Waals surface area (Å²) in [6, 6.07) is 9.95. The number of methoxy groups -OCH3 is 1. The molecule has 1 atom stereocenters. The normalized spacial score (nSPS) is 12.6. The van der Waals surface area contributed by atoms with Crippen molar-refractivity contribution in [2.75, 3.05) is 7.11 Å². The van der Waals surface area contributed by atoms with Gasteiger partial charge in [-0.15, -0.1) is 11.3 Å². The number of aliphatic hydroxyl groups is 1. The number of aliphatic hydroxyl groups excluding tert-OH is 1. The second kappa shape index (κ2) is 6.48. The molecule has 2 rings (SSSR count). The van der Waals surface area contributed by atoms with Crippen LogP contribution in [0.1, 0.15) is 22.1 Å². The third-order valence-corrected chi connectivity index (χ3v) is 4.41. The van der Waals surface area contributed by atoms with Crippen molar-refractivity contribution >= 4 is 27.3 Å². The summed E-state index contributed by atoms with van der Waals surface area (Å²) in [4.78, 5) is 1.18. The first kappa shape index (κ1) is 13.7. The van der Waals surface area contributed by atoms with Gasteiger partial charge in [0.2, 0.25) is 0 Å². The van der Waals surface area contributed by atoms with Gasteiger partial charge in [0.15, 0.2) is 0 Å². The summed E-state index contributed by atoms with van der Waals surface area (Å²) < 4.78 is 6.13. The Morgan fingerprint density at radius 3 is 2.61 bits per heavy atom. The molecule has 1 aromatic carbocycles. The average molecular weight is 327 g/mol. The zero-order valence-corrected chi connectivity index (χ0v) is 12.5. The van der Waals surface area contributed by atoms with Crippen LogP contribution in [0.5, 0.6) is 0 Å². The highest BCUT2D eigenvalue weighted by Crippen LogP contribution is 2.25. The van der Waals surface area contributed by atoms with Gasteiger partial charge in [-0.05, 0) is 33.1 Å². The zero-order valence-electron chi connectivity index (χ0n) is 10.1. The van der Waals surface area contributed by atoms with Crippen molar-refractivity contribution in [3.05, 3.63) is 56.2 Å². The Hall–Kier alpha value is -0.680. The number of rotatable bonds is 5. The van der Waals surface area contributed by atoms with Crippen LogP contribution in [0, 0.1) is 0 Å². The number of halogens is 1. The van der Waals surface area contributed by atoms with Crippen molar-refractivity contribution in [1.29, 1.82) is 0 Å². The molecule has 0 amide bonds. The largest absolute Gasteiger partial charge is 0.388 e. The summed E-state index contributed by atoms with van der Waals surface area (Å²) in [5, 5.41) is 12.2. The van der Waals surface area contributed by atoms with Gasteiger partial charge in [0.25, 0.3) is 0 Å². The molecule has 0 saturated carbocycles. The number of ether oxygens (including phenoxy) is 1. The quantitative estimate of drug-likeness (QED) is 0.901. The van der Waals surface area contributed by atoms with Crippen LogP contribution < -0.4 is 0 Å². The standard InChI is InChI=1S/C14H15BrO2S/c1-17-8-10-2-4-11(5-3-10)14(16)7-13-6-12(15)9-18-13/h2-6,9,14,16H,7-8H2,1H3. The van der Waals surface area contributed by atoms with Gasteiger partial charge in [-0.2, -0.15) is 0 Å². The number of hydrogen-bond acceptors (Lipinski definition) is 3. The number of benzene rings is 1. The Balaban J connectivity index is 2.02. The topological polar surface area (TPSA) is 29.5 Å². The molecular weight excluding hydrogens is 312 g/mol. The summed E-state index contributed by atoms with van der Waals surface area (Å²) in [5.41, 5.74) is 2.06. The molecule has 1 N–H and O–H groups in total. The average Bonchev–Trinajstić information content (AvgIpc) is 2.76. The molecule has 0 fully saturated rings. The molecule has 0 bridgehead atoms. The molecule has 0 aliphatic rings. The first-order valence-corrected chi connectivity index (χ1v) is 7.35. The van der Waals surface area contributed by atoms with Crippen LogP contribution in [0.2, 0.25) is 0 Å². The lowest BCUT2D eigenvalue weighted by molar-refractivity contribution is 0.178. The molecule has 2 aromatic rings. The molecule has 0 aliphatic carbocycles. The molecule has 4 heteroatoms. The molecule has 2 nitrogen and oxygen atoms in total. The molecule has 1 aromatic heterocycles. The summed E-state index contributed by atoms with van der Waals surface area (Å²) in [7, 11) is 1.68. The molecule has 96 valence electrons. The van der Waals surface area contributed by atoms with Gasteiger partial charge < -0.3 is 9.84 Å². The van der Waals surface area contributed by atoms with Gasteiger partial charge in [0.05, 0.1) is 12.7 Å². The Bertz CT molecular complexity index is 493. The predicted octanol–water partition coefficient (Wildman–Crippen LogP) is 3.93. The Kier molecular flexibility index (Phi) is 4.95. The summed E-state index contributed by atoms with van der Waals surface area (Å²) in [5.74, 6) is 0. The van der Waals surface area contributed by atoms with E-state index in [-0.39, 0.29) is 0 Å². The Morgan fingerprint density at radius 2 is 2.06 bits per heavy atom. The number of thiophene rings is 1. The fraction of sp³-hybridized carbons (Fsp3) is 0.286. The number of hydrogen-bond donors (Lipinski definition) is 1. The van der Waals surface area contributed by atoms with Crippen molar-refractivity contribution in [2.45, 2.75) is 19.1 Å². The van der Waals surface area contributed by atoms with Gasteiger partial charge in [-0.3, -0.25) is 0 Å². The predicted molar refractivity (Wildman–Crippen MR) is 77.8 cm³/mol. The van der Waals surface area contributed by atoms with E-state index in [4.69, 9.17) is 4.74 Å². The van der Waals surface area contributed by atoms with Crippen molar-refractivity contribution in [2.24, 2.45) is 0 Å². The van der Waals surface area contributed by atoms with Gasteiger partial charge >= 0.3 is 0 Å². The van der Waals surface area contributed by atoms with Crippen LogP contribution in [-0.2, 0) is 17.8 Å². The monoisotopic (exact) mass is 326 g/mol. The molecular formula is C14H15BrO2S. The molecule has 0 saturated heterocycles. The van der Waals surface area contributed by atoms with Gasteiger partial charge in [-0.1, -0.05) is 24.3 Å². The van der Waals surface area contributed by atoms with Crippen molar-refractivity contribution in [3.63, 3.8) is 0 Å². The van der Waals surface area contributed by atoms with E-state index < -0.39 is 6.10 Å². The van der Waals surface area contributed by atoms with Gasteiger partial charge in [0.1, 0.15) is 0 Å².